The number of aromatic nitrogens is 2. The zero-order valence-electron chi connectivity index (χ0n) is 10.5. The largest absolute Gasteiger partial charge is 0.501 e. The second-order valence-corrected chi connectivity index (χ2v) is 3.99. The molecular formula is C12H10N4O5. The molecule has 0 saturated carbocycles. The summed E-state index contributed by atoms with van der Waals surface area (Å²) < 4.78 is 0. The quantitative estimate of drug-likeness (QED) is 0.547. The summed E-state index contributed by atoms with van der Waals surface area (Å²) in [6, 6.07) is 5.29. The highest BCUT2D eigenvalue weighted by atomic mass is 16.4. The predicted octanol–water partition coefficient (Wildman–Crippen LogP) is 0.331. The number of aromatic hydroxyl groups is 1. The van der Waals surface area contributed by atoms with E-state index in [1.807, 2.05) is 0 Å². The van der Waals surface area contributed by atoms with Gasteiger partial charge in [0.15, 0.2) is 5.69 Å². The number of carbonyl (C=O) groups is 2. The first-order valence-corrected chi connectivity index (χ1v) is 5.62. The van der Waals surface area contributed by atoms with E-state index < -0.39 is 29.0 Å². The Morgan fingerprint density at radius 2 is 2.05 bits per heavy atom. The average Bonchev–Trinajstić information content (AvgIpc) is 2.41. The minimum Gasteiger partial charge on any atom is -0.501 e. The van der Waals surface area contributed by atoms with Crippen LogP contribution in [0.5, 0.6) is 5.75 Å². The van der Waals surface area contributed by atoms with E-state index >= 15 is 0 Å². The molecule has 1 aromatic carbocycles. The molecule has 2 rings (SSSR count). The summed E-state index contributed by atoms with van der Waals surface area (Å²) in [6.45, 7) is 0. The summed E-state index contributed by atoms with van der Waals surface area (Å²) in [5.41, 5.74) is 3.92. The molecule has 1 heterocycles. The number of urea groups is 1. The first kappa shape index (κ1) is 14.1. The third-order valence-electron chi connectivity index (χ3n) is 2.50. The molecule has 0 aliphatic rings. The average molecular weight is 290 g/mol. The van der Waals surface area contributed by atoms with Crippen LogP contribution in [0, 0.1) is 0 Å². The number of aromatic amines is 1. The van der Waals surface area contributed by atoms with E-state index in [1.165, 1.54) is 12.1 Å². The molecule has 0 aliphatic carbocycles. The Balaban J connectivity index is 2.54. The van der Waals surface area contributed by atoms with Gasteiger partial charge in [0.05, 0.1) is 0 Å². The van der Waals surface area contributed by atoms with Crippen LogP contribution in [0.15, 0.2) is 29.1 Å². The molecule has 9 nitrogen and oxygen atoms in total. The highest BCUT2D eigenvalue weighted by Crippen LogP contribution is 2.20. The van der Waals surface area contributed by atoms with Crippen LogP contribution in [0.2, 0.25) is 0 Å². The van der Waals surface area contributed by atoms with E-state index in [0.717, 1.165) is 0 Å². The topological polar surface area (TPSA) is 158 Å². The lowest BCUT2D eigenvalue weighted by molar-refractivity contribution is 0.0686. The molecule has 0 spiro atoms. The molecule has 0 bridgehead atoms. The monoisotopic (exact) mass is 290 g/mol. The van der Waals surface area contributed by atoms with Crippen molar-refractivity contribution in [2.75, 3.05) is 5.32 Å². The molecule has 0 unspecified atom stereocenters. The van der Waals surface area contributed by atoms with E-state index in [0.29, 0.717) is 11.3 Å². The molecule has 0 aliphatic heterocycles. The highest BCUT2D eigenvalue weighted by molar-refractivity contribution is 5.90. The molecule has 2 aromatic rings. The van der Waals surface area contributed by atoms with Crippen LogP contribution < -0.4 is 16.6 Å². The number of H-pyrrole nitrogens is 1. The molecule has 0 saturated heterocycles. The molecule has 0 fully saturated rings. The van der Waals surface area contributed by atoms with Crippen molar-refractivity contribution in [2.45, 2.75) is 0 Å². The van der Waals surface area contributed by atoms with Crippen LogP contribution in [0.4, 0.5) is 10.5 Å². The Labute approximate surface area is 117 Å². The first-order valence-electron chi connectivity index (χ1n) is 5.62. The van der Waals surface area contributed by atoms with Gasteiger partial charge in [0.1, 0.15) is 5.82 Å². The summed E-state index contributed by atoms with van der Waals surface area (Å²) in [4.78, 5) is 39.1. The number of carboxylic acid groups (broad SMARTS) is 1. The number of benzene rings is 1. The van der Waals surface area contributed by atoms with Gasteiger partial charge in [-0.15, -0.1) is 0 Å². The van der Waals surface area contributed by atoms with Gasteiger partial charge in [-0.05, 0) is 12.1 Å². The van der Waals surface area contributed by atoms with E-state index in [4.69, 9.17) is 10.8 Å². The number of nitrogens with one attached hydrogen (secondary N) is 2. The van der Waals surface area contributed by atoms with Crippen LogP contribution in [-0.4, -0.2) is 32.2 Å². The van der Waals surface area contributed by atoms with Crippen LogP contribution in [0.1, 0.15) is 10.5 Å². The Morgan fingerprint density at radius 3 is 2.67 bits per heavy atom. The fourth-order valence-electron chi connectivity index (χ4n) is 1.64. The number of nitrogens with two attached hydrogens (primary N) is 1. The van der Waals surface area contributed by atoms with Crippen molar-refractivity contribution >= 4 is 17.7 Å². The van der Waals surface area contributed by atoms with E-state index in [2.05, 4.69) is 15.3 Å². The van der Waals surface area contributed by atoms with Crippen molar-refractivity contribution in [3.63, 3.8) is 0 Å². The number of nitrogens with zero attached hydrogens (tertiary/aromatic N) is 1. The van der Waals surface area contributed by atoms with Crippen molar-refractivity contribution < 1.29 is 19.8 Å². The molecule has 0 atom stereocenters. The van der Waals surface area contributed by atoms with Gasteiger partial charge in [0.2, 0.25) is 5.75 Å². The standard InChI is InChI=1S/C12H10N4O5/c13-12(21)14-6-3-1-2-5(4-6)9-15-7(11(19)20)8(17)10(18)16-9/h1-4,17H,(H,19,20)(H3,13,14,21)(H,15,16,18). The predicted molar refractivity (Wildman–Crippen MR) is 72.1 cm³/mol. The maximum atomic E-state index is 11.5. The Kier molecular flexibility index (Phi) is 3.57. The number of primary amides is 1. The van der Waals surface area contributed by atoms with Gasteiger partial charge < -0.3 is 26.2 Å². The van der Waals surface area contributed by atoms with Crippen LogP contribution in [-0.2, 0) is 0 Å². The van der Waals surface area contributed by atoms with Gasteiger partial charge >= 0.3 is 12.0 Å². The van der Waals surface area contributed by atoms with Gasteiger partial charge in [0, 0.05) is 11.3 Å². The lowest BCUT2D eigenvalue weighted by Gasteiger charge is -2.06. The van der Waals surface area contributed by atoms with E-state index in [1.54, 1.807) is 12.1 Å². The smallest absolute Gasteiger partial charge is 0.358 e. The second kappa shape index (κ2) is 5.33. The summed E-state index contributed by atoms with van der Waals surface area (Å²) in [6.07, 6.45) is 0. The maximum Gasteiger partial charge on any atom is 0.358 e. The fraction of sp³-hybridized carbons (Fsp3) is 0. The van der Waals surface area contributed by atoms with Crippen molar-refractivity contribution in [3.8, 4) is 17.1 Å². The molecule has 2 amide bonds. The molecule has 6 N–H and O–H groups in total. The summed E-state index contributed by atoms with van der Waals surface area (Å²) in [5.74, 6) is -2.58. The number of anilines is 1. The van der Waals surface area contributed by atoms with Gasteiger partial charge in [-0.3, -0.25) is 4.79 Å². The van der Waals surface area contributed by atoms with E-state index in [9.17, 15) is 19.5 Å². The van der Waals surface area contributed by atoms with Crippen molar-refractivity contribution in [3.05, 3.63) is 40.3 Å². The highest BCUT2D eigenvalue weighted by Gasteiger charge is 2.17. The number of hydrogen-bond donors (Lipinski definition) is 5. The van der Waals surface area contributed by atoms with Gasteiger partial charge in [-0.25, -0.2) is 14.6 Å². The number of aromatic carboxylic acids is 1. The van der Waals surface area contributed by atoms with Crippen LogP contribution in [0.25, 0.3) is 11.4 Å². The number of amides is 2. The summed E-state index contributed by atoms with van der Waals surface area (Å²) in [7, 11) is 0. The number of carboxylic acids is 1. The minimum atomic E-state index is -1.54. The fourth-order valence-corrected chi connectivity index (χ4v) is 1.64. The van der Waals surface area contributed by atoms with Crippen molar-refractivity contribution in [1.82, 2.24) is 9.97 Å². The molecule has 0 radical (unpaired) electrons. The zero-order valence-corrected chi connectivity index (χ0v) is 10.5. The summed E-state index contributed by atoms with van der Waals surface area (Å²) in [5, 5.41) is 20.6. The minimum absolute atomic E-state index is 0.0664. The molecule has 1 aromatic heterocycles. The third-order valence-corrected chi connectivity index (χ3v) is 2.50. The number of rotatable bonds is 3. The lowest BCUT2D eigenvalue weighted by Crippen LogP contribution is -2.19. The van der Waals surface area contributed by atoms with Crippen LogP contribution >= 0.6 is 0 Å². The van der Waals surface area contributed by atoms with Gasteiger partial charge in [0.25, 0.3) is 5.56 Å². The Bertz CT molecular complexity index is 783. The molecule has 21 heavy (non-hydrogen) atoms. The summed E-state index contributed by atoms with van der Waals surface area (Å²) >= 11 is 0. The maximum absolute atomic E-state index is 11.5. The number of carbonyl (C=O) groups excluding carboxylic acids is 1. The van der Waals surface area contributed by atoms with E-state index in [-0.39, 0.29) is 5.82 Å². The van der Waals surface area contributed by atoms with Gasteiger partial charge in [-0.2, -0.15) is 0 Å². The second-order valence-electron chi connectivity index (χ2n) is 3.99. The molecule has 108 valence electrons. The van der Waals surface area contributed by atoms with Crippen molar-refractivity contribution in [1.29, 1.82) is 0 Å². The molecular weight excluding hydrogens is 280 g/mol. The van der Waals surface area contributed by atoms with Crippen LogP contribution in [0.3, 0.4) is 0 Å². The Morgan fingerprint density at radius 1 is 1.33 bits per heavy atom. The zero-order chi connectivity index (χ0) is 15.6. The first-order chi connectivity index (χ1) is 9.88. The SMILES string of the molecule is NC(=O)Nc1cccc(-c2nc(C(=O)O)c(O)c(=O)[nH]2)c1. The Hall–Kier alpha value is -3.36. The third kappa shape index (κ3) is 2.97. The number of hydrogen-bond acceptors (Lipinski definition) is 5. The van der Waals surface area contributed by atoms with Crippen molar-refractivity contribution in [2.24, 2.45) is 5.73 Å². The molecule has 9 heteroatoms. The lowest BCUT2D eigenvalue weighted by atomic mass is 10.2. The van der Waals surface area contributed by atoms with Gasteiger partial charge in [-0.1, -0.05) is 12.1 Å². The normalized spacial score (nSPS) is 10.1.